The first kappa shape index (κ1) is 14.1. The Morgan fingerprint density at radius 1 is 1.43 bits per heavy atom. The normalized spacial score (nSPS) is 31.5. The summed E-state index contributed by atoms with van der Waals surface area (Å²) in [4.78, 5) is 12.4. The van der Waals surface area contributed by atoms with E-state index in [1.54, 1.807) is 0 Å². The minimum Gasteiger partial charge on any atom is -0.364 e. The Morgan fingerprint density at radius 3 is 2.71 bits per heavy atom. The van der Waals surface area contributed by atoms with Gasteiger partial charge in [0.15, 0.2) is 0 Å². The van der Waals surface area contributed by atoms with Crippen LogP contribution in [0.3, 0.4) is 0 Å². The predicted molar refractivity (Wildman–Crippen MR) is 72.8 cm³/mol. The van der Waals surface area contributed by atoms with Gasteiger partial charge in [-0.1, -0.05) is 30.3 Å². The zero-order valence-electron chi connectivity index (χ0n) is 11.5. The molecule has 1 N–H and O–H groups in total. The molecule has 1 saturated carbocycles. The van der Waals surface area contributed by atoms with Crippen molar-refractivity contribution >= 4 is 11.6 Å². The molecule has 0 unspecified atom stereocenters. The molecule has 3 atom stereocenters. The van der Waals surface area contributed by atoms with E-state index in [9.17, 15) is 18.7 Å². The van der Waals surface area contributed by atoms with Gasteiger partial charge in [-0.05, 0) is 24.8 Å². The predicted octanol–water partition coefficient (Wildman–Crippen LogP) is 2.35. The highest BCUT2D eigenvalue weighted by molar-refractivity contribution is 5.91. The lowest BCUT2D eigenvalue weighted by Crippen LogP contribution is -2.52. The molecule has 0 saturated heterocycles. The van der Waals surface area contributed by atoms with Crippen molar-refractivity contribution in [2.24, 2.45) is 11.0 Å². The molecule has 6 heteroatoms. The number of nitrogens with zero attached hydrogens (tertiary/aromatic N) is 2. The maximum atomic E-state index is 13.1. The van der Waals surface area contributed by atoms with Crippen LogP contribution >= 0.6 is 0 Å². The Bertz CT molecular complexity index is 591. The van der Waals surface area contributed by atoms with Gasteiger partial charge in [0.05, 0.1) is 0 Å². The highest BCUT2D eigenvalue weighted by atomic mass is 19.3. The molecular weight excluding hydrogens is 278 g/mol. The van der Waals surface area contributed by atoms with Crippen LogP contribution in [-0.4, -0.2) is 33.9 Å². The smallest absolute Gasteiger partial charge is 0.287 e. The van der Waals surface area contributed by atoms with Crippen LogP contribution < -0.4 is 0 Å². The van der Waals surface area contributed by atoms with Gasteiger partial charge in [0, 0.05) is 18.1 Å². The van der Waals surface area contributed by atoms with Gasteiger partial charge in [-0.25, -0.2) is 8.78 Å². The molecule has 2 aliphatic rings. The summed E-state index contributed by atoms with van der Waals surface area (Å²) in [7, 11) is 0. The third-order valence-corrected chi connectivity index (χ3v) is 4.05. The molecule has 1 fully saturated rings. The van der Waals surface area contributed by atoms with Crippen LogP contribution in [0, 0.1) is 5.92 Å². The van der Waals surface area contributed by atoms with E-state index in [-0.39, 0.29) is 18.3 Å². The van der Waals surface area contributed by atoms with Crippen molar-refractivity contribution in [3.63, 3.8) is 0 Å². The number of benzene rings is 1. The molecular formula is C15H16F2N2O2. The van der Waals surface area contributed by atoms with E-state index < -0.39 is 18.1 Å². The number of alkyl halides is 2. The highest BCUT2D eigenvalue weighted by Gasteiger charge is 2.56. The summed E-state index contributed by atoms with van der Waals surface area (Å²) in [6.07, 6.45) is -2.75. The van der Waals surface area contributed by atoms with Gasteiger partial charge in [-0.2, -0.15) is 10.1 Å². The van der Waals surface area contributed by atoms with E-state index in [4.69, 9.17) is 0 Å². The lowest BCUT2D eigenvalue weighted by atomic mass is 10.1. The van der Waals surface area contributed by atoms with Crippen molar-refractivity contribution in [1.29, 1.82) is 0 Å². The Morgan fingerprint density at radius 2 is 2.10 bits per heavy atom. The van der Waals surface area contributed by atoms with Crippen LogP contribution in [0.5, 0.6) is 0 Å². The number of amides is 1. The summed E-state index contributed by atoms with van der Waals surface area (Å²) >= 11 is 0. The molecule has 3 rings (SSSR count). The standard InChI is InChI=1S/C15H16F2N2O2/c1-9-8-15(21,14(16)17)19(18-9)13(20)12-7-11(12)10-5-3-2-4-6-10/h2-6,11-12,14,21H,7-8H2,1H3/t11-,12+,15-/m0/s1. The molecule has 0 radical (unpaired) electrons. The fraction of sp³-hybridized carbons (Fsp3) is 0.467. The van der Waals surface area contributed by atoms with E-state index in [0.717, 1.165) is 5.56 Å². The Labute approximate surface area is 121 Å². The van der Waals surface area contributed by atoms with E-state index >= 15 is 0 Å². The Balaban J connectivity index is 1.77. The lowest BCUT2D eigenvalue weighted by Gasteiger charge is -2.30. The Hall–Kier alpha value is -1.82. The minimum absolute atomic E-state index is 0.0247. The number of hydrogen-bond donors (Lipinski definition) is 1. The highest BCUT2D eigenvalue weighted by Crippen LogP contribution is 2.50. The first-order chi connectivity index (χ1) is 9.93. The number of carbonyl (C=O) groups excluding carboxylic acids is 1. The van der Waals surface area contributed by atoms with E-state index in [1.807, 2.05) is 30.3 Å². The summed E-state index contributed by atoms with van der Waals surface area (Å²) in [6.45, 7) is 1.53. The van der Waals surface area contributed by atoms with Crippen LogP contribution in [0.2, 0.25) is 0 Å². The van der Waals surface area contributed by atoms with E-state index in [0.29, 0.717) is 17.1 Å². The monoisotopic (exact) mass is 294 g/mol. The SMILES string of the molecule is CC1=NN(C(=O)[C@@H]2C[C@H]2c2ccccc2)[C@@](O)(C(F)F)C1. The number of hydrogen-bond acceptors (Lipinski definition) is 3. The molecule has 0 aromatic heterocycles. The molecule has 21 heavy (non-hydrogen) atoms. The molecule has 1 aliphatic carbocycles. The molecule has 1 amide bonds. The third kappa shape index (κ3) is 2.33. The lowest BCUT2D eigenvalue weighted by molar-refractivity contribution is -0.193. The number of aliphatic hydroxyl groups is 1. The van der Waals surface area contributed by atoms with Gasteiger partial charge in [-0.3, -0.25) is 4.79 Å². The van der Waals surface area contributed by atoms with Crippen LogP contribution in [0.1, 0.15) is 31.2 Å². The van der Waals surface area contributed by atoms with Crippen LogP contribution in [-0.2, 0) is 4.79 Å². The average Bonchev–Trinajstić information content (AvgIpc) is 3.19. The van der Waals surface area contributed by atoms with Gasteiger partial charge in [-0.15, -0.1) is 0 Å². The topological polar surface area (TPSA) is 52.9 Å². The van der Waals surface area contributed by atoms with Crippen molar-refractivity contribution < 1.29 is 18.7 Å². The summed E-state index contributed by atoms with van der Waals surface area (Å²) in [6, 6.07) is 9.46. The second-order valence-electron chi connectivity index (χ2n) is 5.70. The van der Waals surface area contributed by atoms with Crippen molar-refractivity contribution in [3.8, 4) is 0 Å². The summed E-state index contributed by atoms with van der Waals surface area (Å²) < 4.78 is 26.2. The molecule has 112 valence electrons. The first-order valence-electron chi connectivity index (χ1n) is 6.87. The zero-order chi connectivity index (χ0) is 15.2. The number of halogens is 2. The summed E-state index contributed by atoms with van der Waals surface area (Å²) in [5, 5.41) is 14.5. The quantitative estimate of drug-likeness (QED) is 0.930. The summed E-state index contributed by atoms with van der Waals surface area (Å²) in [5.41, 5.74) is -1.15. The molecule has 1 heterocycles. The summed E-state index contributed by atoms with van der Waals surface area (Å²) in [5.74, 6) is -0.882. The molecule has 1 aromatic rings. The van der Waals surface area contributed by atoms with E-state index in [1.165, 1.54) is 6.92 Å². The van der Waals surface area contributed by atoms with Gasteiger partial charge in [0.25, 0.3) is 6.43 Å². The third-order valence-electron chi connectivity index (χ3n) is 4.05. The molecule has 1 aromatic carbocycles. The van der Waals surface area contributed by atoms with Crippen molar-refractivity contribution in [2.75, 3.05) is 0 Å². The van der Waals surface area contributed by atoms with Gasteiger partial charge in [0.1, 0.15) is 0 Å². The first-order valence-corrected chi connectivity index (χ1v) is 6.87. The molecule has 1 aliphatic heterocycles. The number of carbonyl (C=O) groups is 1. The number of rotatable bonds is 3. The largest absolute Gasteiger partial charge is 0.364 e. The van der Waals surface area contributed by atoms with Crippen molar-refractivity contribution in [2.45, 2.75) is 37.8 Å². The van der Waals surface area contributed by atoms with Gasteiger partial charge < -0.3 is 5.11 Å². The maximum absolute atomic E-state index is 13.1. The van der Waals surface area contributed by atoms with Crippen LogP contribution in [0.25, 0.3) is 0 Å². The van der Waals surface area contributed by atoms with Gasteiger partial charge >= 0.3 is 0 Å². The number of hydrazone groups is 1. The van der Waals surface area contributed by atoms with E-state index in [2.05, 4.69) is 5.10 Å². The fourth-order valence-corrected chi connectivity index (χ4v) is 2.85. The van der Waals surface area contributed by atoms with Crippen LogP contribution in [0.4, 0.5) is 8.78 Å². The fourth-order valence-electron chi connectivity index (χ4n) is 2.85. The van der Waals surface area contributed by atoms with Gasteiger partial charge in [0.2, 0.25) is 11.6 Å². The average molecular weight is 294 g/mol. The van der Waals surface area contributed by atoms with Crippen LogP contribution in [0.15, 0.2) is 35.4 Å². The van der Waals surface area contributed by atoms with Crippen molar-refractivity contribution in [3.05, 3.63) is 35.9 Å². The molecule has 0 bridgehead atoms. The molecule has 0 spiro atoms. The second kappa shape index (κ2) is 4.87. The van der Waals surface area contributed by atoms with Crippen molar-refractivity contribution in [1.82, 2.24) is 5.01 Å². The maximum Gasteiger partial charge on any atom is 0.287 e. The Kier molecular flexibility index (Phi) is 3.28. The minimum atomic E-state index is -3.04. The second-order valence-corrected chi connectivity index (χ2v) is 5.70. The zero-order valence-corrected chi connectivity index (χ0v) is 11.5. The molecule has 4 nitrogen and oxygen atoms in total.